The Morgan fingerprint density at radius 1 is 1.56 bits per heavy atom. The van der Waals surface area contributed by atoms with Crippen molar-refractivity contribution in [3.8, 4) is 6.07 Å². The maximum absolute atomic E-state index is 13.2. The molecule has 2 amide bonds. The smallest absolute Gasteiger partial charge is 0.319 e. The zero-order valence-electron chi connectivity index (χ0n) is 8.26. The summed E-state index contributed by atoms with van der Waals surface area (Å²) in [5.41, 5.74) is -0.0707. The second-order valence-corrected chi connectivity index (χ2v) is 3.29. The Hall–Kier alpha value is -1.80. The summed E-state index contributed by atoms with van der Waals surface area (Å²) in [7, 11) is 0. The number of nitrogens with one attached hydrogen (secondary N) is 2. The van der Waals surface area contributed by atoms with Gasteiger partial charge < -0.3 is 10.6 Å². The van der Waals surface area contributed by atoms with Crippen molar-refractivity contribution in [1.29, 1.82) is 5.26 Å². The summed E-state index contributed by atoms with van der Waals surface area (Å²) in [5, 5.41) is 13.0. The van der Waals surface area contributed by atoms with E-state index in [1.807, 2.05) is 6.07 Å². The summed E-state index contributed by atoms with van der Waals surface area (Å²) in [6.45, 7) is 0.203. The molecule has 6 heteroatoms. The van der Waals surface area contributed by atoms with Gasteiger partial charge in [0.05, 0.1) is 23.2 Å². The van der Waals surface area contributed by atoms with E-state index in [-0.39, 0.29) is 23.7 Å². The second-order valence-electron chi connectivity index (χ2n) is 2.89. The van der Waals surface area contributed by atoms with Crippen LogP contribution in [-0.4, -0.2) is 12.6 Å². The Bertz CT molecular complexity index is 410. The molecule has 0 fully saturated rings. The first-order chi connectivity index (χ1) is 7.65. The molecule has 0 heterocycles. The highest BCUT2D eigenvalue weighted by Gasteiger charge is 2.09. The van der Waals surface area contributed by atoms with E-state index in [4.69, 9.17) is 16.9 Å². The lowest BCUT2D eigenvalue weighted by molar-refractivity contribution is 0.252. The number of amides is 2. The third-order valence-corrected chi connectivity index (χ3v) is 2.04. The molecule has 1 aromatic carbocycles. The molecule has 84 valence electrons. The van der Waals surface area contributed by atoms with Gasteiger partial charge in [0.2, 0.25) is 0 Å². The fourth-order valence-electron chi connectivity index (χ4n) is 1.01. The molecule has 0 bridgehead atoms. The van der Waals surface area contributed by atoms with Gasteiger partial charge in [-0.2, -0.15) is 5.26 Å². The average Bonchev–Trinajstić information content (AvgIpc) is 2.24. The van der Waals surface area contributed by atoms with Crippen LogP contribution in [0.4, 0.5) is 14.9 Å². The van der Waals surface area contributed by atoms with E-state index >= 15 is 0 Å². The predicted molar refractivity (Wildman–Crippen MR) is 58.7 cm³/mol. The average molecular weight is 242 g/mol. The highest BCUT2D eigenvalue weighted by Crippen LogP contribution is 2.24. The standard InChI is InChI=1S/C10H9ClFN3O/c11-7-3-1-4-8(12)9(7)15-10(16)14-6-2-5-13/h1,3-4H,2,6H2,(H2,14,15,16). The number of anilines is 1. The zero-order chi connectivity index (χ0) is 12.0. The lowest BCUT2D eigenvalue weighted by atomic mass is 10.3. The molecule has 0 unspecified atom stereocenters. The number of hydrogen-bond acceptors (Lipinski definition) is 2. The third-order valence-electron chi connectivity index (χ3n) is 1.72. The molecule has 1 rings (SSSR count). The summed E-state index contributed by atoms with van der Waals surface area (Å²) in [6.07, 6.45) is 0.193. The van der Waals surface area contributed by atoms with Gasteiger partial charge in [-0.25, -0.2) is 9.18 Å². The molecule has 0 atom stereocenters. The van der Waals surface area contributed by atoms with Crippen LogP contribution in [-0.2, 0) is 0 Å². The number of nitriles is 1. The van der Waals surface area contributed by atoms with Crippen LogP contribution in [0.25, 0.3) is 0 Å². The van der Waals surface area contributed by atoms with Crippen LogP contribution in [0.3, 0.4) is 0 Å². The van der Waals surface area contributed by atoms with Crippen molar-refractivity contribution >= 4 is 23.3 Å². The van der Waals surface area contributed by atoms with Crippen LogP contribution in [0.2, 0.25) is 5.02 Å². The molecule has 0 radical (unpaired) electrons. The summed E-state index contributed by atoms with van der Waals surface area (Å²) < 4.78 is 13.2. The molecule has 0 saturated heterocycles. The van der Waals surface area contributed by atoms with E-state index < -0.39 is 11.8 Å². The van der Waals surface area contributed by atoms with E-state index in [0.717, 1.165) is 0 Å². The fraction of sp³-hybridized carbons (Fsp3) is 0.200. The minimum absolute atomic E-state index is 0.0707. The normalized spacial score (nSPS) is 9.31. The van der Waals surface area contributed by atoms with Crippen LogP contribution in [0.1, 0.15) is 6.42 Å². The van der Waals surface area contributed by atoms with E-state index in [0.29, 0.717) is 0 Å². The Labute approximate surface area is 97.0 Å². The minimum Gasteiger partial charge on any atom is -0.337 e. The SMILES string of the molecule is N#CCCNC(=O)Nc1c(F)cccc1Cl. The topological polar surface area (TPSA) is 64.9 Å². The number of benzene rings is 1. The Kier molecular flexibility index (Phi) is 4.55. The van der Waals surface area contributed by atoms with Gasteiger partial charge in [0.1, 0.15) is 5.82 Å². The van der Waals surface area contributed by atoms with Crippen molar-refractivity contribution in [2.24, 2.45) is 0 Å². The van der Waals surface area contributed by atoms with E-state index in [1.165, 1.54) is 18.2 Å². The van der Waals surface area contributed by atoms with Crippen LogP contribution in [0.15, 0.2) is 18.2 Å². The van der Waals surface area contributed by atoms with Gasteiger partial charge in [0, 0.05) is 6.54 Å². The first kappa shape index (κ1) is 12.3. The molecule has 0 spiro atoms. The zero-order valence-corrected chi connectivity index (χ0v) is 9.01. The molecule has 0 saturated carbocycles. The Balaban J connectivity index is 2.60. The van der Waals surface area contributed by atoms with Gasteiger partial charge in [0.25, 0.3) is 0 Å². The predicted octanol–water partition coefficient (Wildman–Crippen LogP) is 2.51. The summed E-state index contributed by atoms with van der Waals surface area (Å²) >= 11 is 5.70. The van der Waals surface area contributed by atoms with Crippen LogP contribution >= 0.6 is 11.6 Å². The van der Waals surface area contributed by atoms with Crippen molar-refractivity contribution in [2.75, 3.05) is 11.9 Å². The van der Waals surface area contributed by atoms with Gasteiger partial charge >= 0.3 is 6.03 Å². The second kappa shape index (κ2) is 5.93. The van der Waals surface area contributed by atoms with Crippen molar-refractivity contribution in [3.05, 3.63) is 29.0 Å². The molecule has 16 heavy (non-hydrogen) atoms. The molecule has 0 aliphatic rings. The third kappa shape index (κ3) is 3.41. The number of rotatable bonds is 3. The minimum atomic E-state index is -0.608. The number of hydrogen-bond donors (Lipinski definition) is 2. The fourth-order valence-corrected chi connectivity index (χ4v) is 1.22. The molecule has 1 aromatic rings. The quantitative estimate of drug-likeness (QED) is 0.799. The molecule has 2 N–H and O–H groups in total. The largest absolute Gasteiger partial charge is 0.337 e. The van der Waals surface area contributed by atoms with Crippen molar-refractivity contribution in [1.82, 2.24) is 5.32 Å². The molecule has 4 nitrogen and oxygen atoms in total. The van der Waals surface area contributed by atoms with Gasteiger partial charge in [-0.3, -0.25) is 0 Å². The molecule has 0 aliphatic carbocycles. The summed E-state index contributed by atoms with van der Waals surface area (Å²) in [4.78, 5) is 11.2. The summed E-state index contributed by atoms with van der Waals surface area (Å²) in [5.74, 6) is -0.608. The Morgan fingerprint density at radius 2 is 2.31 bits per heavy atom. The monoisotopic (exact) mass is 241 g/mol. The Morgan fingerprint density at radius 3 is 2.94 bits per heavy atom. The number of halogens is 2. The first-order valence-corrected chi connectivity index (χ1v) is 4.88. The van der Waals surface area contributed by atoms with E-state index in [9.17, 15) is 9.18 Å². The van der Waals surface area contributed by atoms with Crippen molar-refractivity contribution in [2.45, 2.75) is 6.42 Å². The lowest BCUT2D eigenvalue weighted by Gasteiger charge is -2.08. The highest BCUT2D eigenvalue weighted by atomic mass is 35.5. The van der Waals surface area contributed by atoms with Gasteiger partial charge in [-0.05, 0) is 12.1 Å². The number of nitrogens with zero attached hydrogens (tertiary/aromatic N) is 1. The lowest BCUT2D eigenvalue weighted by Crippen LogP contribution is -2.29. The molecular weight excluding hydrogens is 233 g/mol. The van der Waals surface area contributed by atoms with Crippen LogP contribution in [0, 0.1) is 17.1 Å². The first-order valence-electron chi connectivity index (χ1n) is 4.51. The van der Waals surface area contributed by atoms with E-state index in [1.54, 1.807) is 0 Å². The highest BCUT2D eigenvalue weighted by molar-refractivity contribution is 6.33. The van der Waals surface area contributed by atoms with Crippen LogP contribution in [0.5, 0.6) is 0 Å². The number of urea groups is 1. The molecule has 0 aromatic heterocycles. The summed E-state index contributed by atoms with van der Waals surface area (Å²) in [6, 6.07) is 5.37. The number of carbonyl (C=O) groups excluding carboxylic acids is 1. The van der Waals surface area contributed by atoms with Crippen molar-refractivity contribution < 1.29 is 9.18 Å². The number of carbonyl (C=O) groups is 1. The maximum Gasteiger partial charge on any atom is 0.319 e. The number of para-hydroxylation sites is 1. The van der Waals surface area contributed by atoms with Gasteiger partial charge in [0.15, 0.2) is 0 Å². The van der Waals surface area contributed by atoms with Gasteiger partial charge in [-0.1, -0.05) is 17.7 Å². The van der Waals surface area contributed by atoms with Gasteiger partial charge in [-0.15, -0.1) is 0 Å². The molecular formula is C10H9ClFN3O. The van der Waals surface area contributed by atoms with E-state index in [2.05, 4.69) is 10.6 Å². The molecule has 0 aliphatic heterocycles. The maximum atomic E-state index is 13.2. The van der Waals surface area contributed by atoms with Crippen LogP contribution < -0.4 is 10.6 Å². The van der Waals surface area contributed by atoms with Crippen molar-refractivity contribution in [3.63, 3.8) is 0 Å².